The van der Waals surface area contributed by atoms with E-state index >= 15 is 0 Å². The van der Waals surface area contributed by atoms with Crippen LogP contribution >= 0.6 is 0 Å². The Morgan fingerprint density at radius 2 is 1.88 bits per heavy atom. The lowest BCUT2D eigenvalue weighted by Crippen LogP contribution is -2.53. The zero-order valence-corrected chi connectivity index (χ0v) is 26.4. The van der Waals surface area contributed by atoms with Crippen LogP contribution in [-0.4, -0.2) is 80.4 Å². The number of nitro groups is 1. The number of carbonyl (C=O) groups is 1. The van der Waals surface area contributed by atoms with Gasteiger partial charge >= 0.3 is 0 Å². The van der Waals surface area contributed by atoms with Crippen LogP contribution in [0.25, 0.3) is 11.0 Å². The van der Waals surface area contributed by atoms with Gasteiger partial charge in [-0.25, -0.2) is 8.42 Å². The lowest BCUT2D eigenvalue weighted by atomic mass is 9.91. The summed E-state index contributed by atoms with van der Waals surface area (Å²) in [6.45, 7) is 1.97. The summed E-state index contributed by atoms with van der Waals surface area (Å²) in [4.78, 5) is 33.6. The first kappa shape index (κ1) is 30.4. The average molecular weight is 677 g/mol. The third-order valence-corrected chi connectivity index (χ3v) is 11.3. The molecule has 8 rings (SSSR count). The van der Waals surface area contributed by atoms with E-state index in [4.69, 9.17) is 24.7 Å². The fourth-order valence-corrected chi connectivity index (χ4v) is 8.66. The number of para-hydroxylation sites is 1. The van der Waals surface area contributed by atoms with Gasteiger partial charge in [0.2, 0.25) is 15.7 Å². The zero-order valence-electron chi connectivity index (χ0n) is 25.6. The highest BCUT2D eigenvalue weighted by atomic mass is 32.2. The number of benzene rings is 2. The number of H-pyrrole nitrogens is 1. The van der Waals surface area contributed by atoms with Crippen LogP contribution in [0.1, 0.15) is 29.6 Å². The molecule has 15 nitrogen and oxygen atoms in total. The Morgan fingerprint density at radius 1 is 1.06 bits per heavy atom. The minimum atomic E-state index is -4.55. The molecule has 2 fully saturated rings. The third-order valence-electron chi connectivity index (χ3n) is 9.54. The number of amides is 1. The molecule has 4 aliphatic rings. The van der Waals surface area contributed by atoms with Crippen LogP contribution in [-0.2, 0) is 19.3 Å². The summed E-state index contributed by atoms with van der Waals surface area (Å²) < 4.78 is 52.9. The first-order valence-electron chi connectivity index (χ1n) is 15.7. The van der Waals surface area contributed by atoms with E-state index in [1.807, 2.05) is 12.1 Å². The van der Waals surface area contributed by atoms with Gasteiger partial charge in [-0.05, 0) is 49.4 Å². The van der Waals surface area contributed by atoms with Crippen molar-refractivity contribution in [1.82, 2.24) is 9.97 Å². The van der Waals surface area contributed by atoms with E-state index in [9.17, 15) is 23.3 Å². The van der Waals surface area contributed by atoms with Crippen molar-refractivity contribution >= 4 is 49.5 Å². The van der Waals surface area contributed by atoms with Gasteiger partial charge in [0.05, 0.1) is 44.7 Å². The maximum Gasteiger partial charge on any atom is 0.297 e. The van der Waals surface area contributed by atoms with Crippen LogP contribution in [0.5, 0.6) is 11.6 Å². The predicted molar refractivity (Wildman–Crippen MR) is 172 cm³/mol. The summed E-state index contributed by atoms with van der Waals surface area (Å²) in [7, 11) is -4.55. The van der Waals surface area contributed by atoms with Gasteiger partial charge in [0.25, 0.3) is 11.6 Å². The minimum absolute atomic E-state index is 0.0298. The lowest BCUT2D eigenvalue weighted by Gasteiger charge is -2.45. The number of rotatable bonds is 6. The Balaban J connectivity index is 1.29. The van der Waals surface area contributed by atoms with E-state index < -0.39 is 38.5 Å². The van der Waals surface area contributed by atoms with Gasteiger partial charge in [0.1, 0.15) is 24.0 Å². The van der Waals surface area contributed by atoms with E-state index in [2.05, 4.69) is 15.3 Å². The number of aromatic amines is 1. The molecule has 1 amide bonds. The molecular weight excluding hydrogens is 644 g/mol. The van der Waals surface area contributed by atoms with Gasteiger partial charge in [-0.1, -0.05) is 6.07 Å². The molecule has 250 valence electrons. The first-order valence-corrected chi connectivity index (χ1v) is 17.2. The second-order valence-corrected chi connectivity index (χ2v) is 14.2. The number of aromatic nitrogens is 2. The molecule has 2 aromatic heterocycles. The molecule has 2 saturated heterocycles. The molecule has 4 aromatic rings. The van der Waals surface area contributed by atoms with Crippen LogP contribution in [0.15, 0.2) is 58.5 Å². The Bertz CT molecular complexity index is 2060. The molecule has 48 heavy (non-hydrogen) atoms. The number of hydrogen-bond acceptors (Lipinski definition) is 12. The summed E-state index contributed by atoms with van der Waals surface area (Å²) in [6, 6.07) is 9.56. The van der Waals surface area contributed by atoms with E-state index in [1.165, 1.54) is 24.3 Å². The Kier molecular flexibility index (Phi) is 7.38. The Hall–Kier alpha value is -4.93. The van der Waals surface area contributed by atoms with Crippen molar-refractivity contribution in [2.24, 2.45) is 11.7 Å². The lowest BCUT2D eigenvalue weighted by molar-refractivity contribution is -0.384. The summed E-state index contributed by atoms with van der Waals surface area (Å²) in [5, 5.41) is 16.4. The molecule has 0 aliphatic carbocycles. The van der Waals surface area contributed by atoms with Crippen LogP contribution in [0.4, 0.5) is 22.7 Å². The van der Waals surface area contributed by atoms with Gasteiger partial charge in [-0.2, -0.15) is 4.98 Å². The highest BCUT2D eigenvalue weighted by Gasteiger charge is 2.44. The number of primary amides is 1. The number of nitrogens with zero attached hydrogens (tertiary/aromatic N) is 3. The molecule has 4 aliphatic heterocycles. The fourth-order valence-electron chi connectivity index (χ4n) is 7.16. The van der Waals surface area contributed by atoms with Crippen LogP contribution in [0.3, 0.4) is 0 Å². The Labute approximate surface area is 274 Å². The van der Waals surface area contributed by atoms with Crippen molar-refractivity contribution in [3.63, 3.8) is 0 Å². The normalized spacial score (nSPS) is 22.4. The molecule has 0 spiro atoms. The van der Waals surface area contributed by atoms with E-state index in [1.54, 1.807) is 11.1 Å². The van der Waals surface area contributed by atoms with Gasteiger partial charge in [0, 0.05) is 43.5 Å². The van der Waals surface area contributed by atoms with Crippen molar-refractivity contribution in [2.45, 2.75) is 47.2 Å². The topological polar surface area (TPSA) is 201 Å². The van der Waals surface area contributed by atoms with Crippen molar-refractivity contribution in [3.8, 4) is 11.6 Å². The molecule has 0 saturated carbocycles. The zero-order chi connectivity index (χ0) is 33.2. The SMILES string of the molecule is NC(=O)c1cccc(S(=O)(=O)c2cc3c(c([N+](=O)[O-])c2)N[C@@H](C2CCOCC2)CO3)c1N1c2cc3cc[nH]c3nc2O[C@H]2COCC[C@@H]21. The van der Waals surface area contributed by atoms with Crippen molar-refractivity contribution in [3.05, 3.63) is 64.3 Å². The van der Waals surface area contributed by atoms with Crippen molar-refractivity contribution < 1.29 is 37.1 Å². The summed E-state index contributed by atoms with van der Waals surface area (Å²) in [6.07, 6.45) is 3.18. The quantitative estimate of drug-likeness (QED) is 0.198. The number of nitro benzene ring substituents is 1. The Morgan fingerprint density at radius 3 is 2.67 bits per heavy atom. The second-order valence-electron chi connectivity index (χ2n) is 12.3. The standard InChI is InChI=1S/C32H32N6O9S/c33-30(39)20-2-1-3-27(29(20)37-22-7-11-45-16-26(22)47-32-24(37)12-18-4-8-34-31(18)36-32)48(42,43)19-13-23(38(40)41)28-25(14-19)46-15-21(35-28)17-5-9-44-10-6-17/h1-4,8,12-14,17,21-22,26,35H,5-7,9-11,15-16H2,(H2,33,39)(H,34,36)/t21-,22+,26+/m1/s1. The van der Waals surface area contributed by atoms with E-state index in [0.717, 1.165) is 24.3 Å². The van der Waals surface area contributed by atoms with Gasteiger partial charge in [0.15, 0.2) is 11.4 Å². The van der Waals surface area contributed by atoms with Crippen molar-refractivity contribution in [2.75, 3.05) is 43.3 Å². The number of anilines is 3. The molecular formula is C32H32N6O9S. The molecule has 0 unspecified atom stereocenters. The summed E-state index contributed by atoms with van der Waals surface area (Å²) >= 11 is 0. The first-order chi connectivity index (χ1) is 23.2. The second kappa shape index (κ2) is 11.6. The van der Waals surface area contributed by atoms with Crippen LogP contribution < -0.4 is 25.4 Å². The van der Waals surface area contributed by atoms with Crippen molar-refractivity contribution in [1.29, 1.82) is 0 Å². The number of sulfone groups is 1. The average Bonchev–Trinajstić information content (AvgIpc) is 3.56. The monoisotopic (exact) mass is 676 g/mol. The molecule has 4 N–H and O–H groups in total. The maximum absolute atomic E-state index is 14.7. The van der Waals surface area contributed by atoms with E-state index in [-0.39, 0.29) is 63.5 Å². The number of nitrogens with two attached hydrogens (primary N) is 1. The van der Waals surface area contributed by atoms with Crippen LogP contribution in [0, 0.1) is 16.0 Å². The molecule has 16 heteroatoms. The maximum atomic E-state index is 14.7. The van der Waals surface area contributed by atoms with E-state index in [0.29, 0.717) is 37.6 Å². The number of hydrogen-bond donors (Lipinski definition) is 3. The molecule has 3 atom stereocenters. The predicted octanol–water partition coefficient (Wildman–Crippen LogP) is 3.69. The van der Waals surface area contributed by atoms with Gasteiger partial charge in [-0.3, -0.25) is 14.9 Å². The molecule has 2 aromatic carbocycles. The van der Waals surface area contributed by atoms with Crippen LogP contribution in [0.2, 0.25) is 0 Å². The third kappa shape index (κ3) is 4.98. The number of pyridine rings is 1. The molecule has 0 radical (unpaired) electrons. The fraction of sp³-hybridized carbons (Fsp3) is 0.375. The molecule has 0 bridgehead atoms. The smallest absolute Gasteiger partial charge is 0.297 e. The summed E-state index contributed by atoms with van der Waals surface area (Å²) in [5.41, 5.74) is 6.58. The highest BCUT2D eigenvalue weighted by Crippen LogP contribution is 2.49. The number of nitrogens with one attached hydrogen (secondary N) is 2. The largest absolute Gasteiger partial charge is 0.489 e. The van der Waals surface area contributed by atoms with Gasteiger partial charge in [-0.15, -0.1) is 0 Å². The molecule has 6 heterocycles. The number of ether oxygens (including phenoxy) is 4. The number of carbonyl (C=O) groups excluding carboxylic acids is 1. The minimum Gasteiger partial charge on any atom is -0.489 e. The summed E-state index contributed by atoms with van der Waals surface area (Å²) in [5.74, 6) is -0.389. The highest BCUT2D eigenvalue weighted by molar-refractivity contribution is 7.91. The van der Waals surface area contributed by atoms with Gasteiger partial charge < -0.3 is 39.9 Å². The number of fused-ring (bicyclic) bond motifs is 4.